The van der Waals surface area contributed by atoms with Crippen molar-refractivity contribution in [2.45, 2.75) is 64.9 Å². The molecule has 2 rings (SSSR count). The van der Waals surface area contributed by atoms with Crippen LogP contribution in [0, 0.1) is 0 Å². The molecular formula is C27H34O3. The van der Waals surface area contributed by atoms with Crippen molar-refractivity contribution >= 4 is 11.6 Å². The molecule has 0 aliphatic carbocycles. The molecule has 0 aliphatic heterocycles. The highest BCUT2D eigenvalue weighted by Crippen LogP contribution is 2.14. The number of unbranched alkanes of at least 4 members (excludes halogenated alkanes) is 5. The van der Waals surface area contributed by atoms with Gasteiger partial charge in [-0.15, -0.1) is 0 Å². The molecule has 0 amide bonds. The van der Waals surface area contributed by atoms with Gasteiger partial charge in [-0.05, 0) is 24.5 Å². The number of allylic oxidation sites excluding steroid dienone is 1. The van der Waals surface area contributed by atoms with Crippen molar-refractivity contribution in [3.05, 3.63) is 83.4 Å². The molecular weight excluding hydrogens is 372 g/mol. The second kappa shape index (κ2) is 14.5. The maximum Gasteiger partial charge on any atom is 0.186 e. The number of ether oxygens (including phenoxy) is 1. The molecule has 0 atom stereocenters. The van der Waals surface area contributed by atoms with Gasteiger partial charge in [-0.3, -0.25) is 9.59 Å². The van der Waals surface area contributed by atoms with Crippen molar-refractivity contribution in [2.24, 2.45) is 0 Å². The first-order chi connectivity index (χ1) is 14.7. The molecule has 0 unspecified atom stereocenters. The summed E-state index contributed by atoms with van der Waals surface area (Å²) in [5, 5.41) is 0. The van der Waals surface area contributed by atoms with E-state index in [0.29, 0.717) is 37.2 Å². The first kappa shape index (κ1) is 23.8. The maximum absolute atomic E-state index is 12.8. The summed E-state index contributed by atoms with van der Waals surface area (Å²) in [7, 11) is 0. The summed E-state index contributed by atoms with van der Waals surface area (Å²) in [4.78, 5) is 25.4. The largest absolute Gasteiger partial charge is 0.376 e. The van der Waals surface area contributed by atoms with E-state index >= 15 is 0 Å². The number of Topliss-reactive ketones (excluding diaryl/α,β-unsaturated/α-hetero) is 1. The zero-order valence-corrected chi connectivity index (χ0v) is 18.1. The maximum atomic E-state index is 12.8. The summed E-state index contributed by atoms with van der Waals surface area (Å²) >= 11 is 0. The van der Waals surface area contributed by atoms with E-state index in [1.165, 1.54) is 31.8 Å². The third kappa shape index (κ3) is 9.32. The molecule has 0 aliphatic rings. The summed E-state index contributed by atoms with van der Waals surface area (Å²) in [6, 6.07) is 19.1. The van der Waals surface area contributed by atoms with Crippen LogP contribution in [0.1, 0.15) is 74.2 Å². The van der Waals surface area contributed by atoms with Gasteiger partial charge in [0.15, 0.2) is 11.6 Å². The molecule has 0 radical (unpaired) electrons. The molecule has 0 N–H and O–H groups in total. The zero-order chi connectivity index (χ0) is 21.4. The van der Waals surface area contributed by atoms with Crippen molar-refractivity contribution in [2.75, 3.05) is 6.61 Å². The van der Waals surface area contributed by atoms with E-state index < -0.39 is 0 Å². The summed E-state index contributed by atoms with van der Waals surface area (Å²) in [6.07, 6.45) is 9.29. The van der Waals surface area contributed by atoms with E-state index in [1.54, 1.807) is 12.1 Å². The van der Waals surface area contributed by atoms with Gasteiger partial charge in [0.1, 0.15) is 0 Å². The summed E-state index contributed by atoms with van der Waals surface area (Å²) < 4.78 is 5.75. The minimum absolute atomic E-state index is 0.0677. The quantitative estimate of drug-likeness (QED) is 0.187. The number of benzene rings is 2. The first-order valence-electron chi connectivity index (χ1n) is 11.2. The molecule has 0 aromatic heterocycles. The Morgan fingerprint density at radius 1 is 0.800 bits per heavy atom. The van der Waals surface area contributed by atoms with Crippen LogP contribution in [0.5, 0.6) is 0 Å². The second-order valence-corrected chi connectivity index (χ2v) is 7.63. The summed E-state index contributed by atoms with van der Waals surface area (Å²) in [6.45, 7) is 3.13. The van der Waals surface area contributed by atoms with E-state index in [-0.39, 0.29) is 11.6 Å². The zero-order valence-electron chi connectivity index (χ0n) is 18.1. The minimum Gasteiger partial charge on any atom is -0.376 e. The molecule has 3 heteroatoms. The van der Waals surface area contributed by atoms with Gasteiger partial charge >= 0.3 is 0 Å². The van der Waals surface area contributed by atoms with Gasteiger partial charge < -0.3 is 4.74 Å². The number of hydrogen-bond acceptors (Lipinski definition) is 3. The van der Waals surface area contributed by atoms with Crippen LogP contribution >= 0.6 is 0 Å². The average Bonchev–Trinajstić information content (AvgIpc) is 2.79. The Bertz CT molecular complexity index is 778. The number of rotatable bonds is 15. The normalized spacial score (nSPS) is 11.4. The number of ketones is 2. The van der Waals surface area contributed by atoms with Gasteiger partial charge in [0.25, 0.3) is 0 Å². The third-order valence-electron chi connectivity index (χ3n) is 5.11. The third-order valence-corrected chi connectivity index (χ3v) is 5.11. The average molecular weight is 407 g/mol. The molecule has 0 bridgehead atoms. The molecule has 2 aromatic rings. The molecule has 0 saturated heterocycles. The fourth-order valence-corrected chi connectivity index (χ4v) is 3.31. The van der Waals surface area contributed by atoms with Gasteiger partial charge in [0, 0.05) is 17.6 Å². The van der Waals surface area contributed by atoms with Crippen LogP contribution in [-0.2, 0) is 16.1 Å². The molecule has 30 heavy (non-hydrogen) atoms. The molecule has 0 heterocycles. The van der Waals surface area contributed by atoms with E-state index in [2.05, 4.69) is 6.92 Å². The lowest BCUT2D eigenvalue weighted by molar-refractivity contribution is -0.116. The van der Waals surface area contributed by atoms with Gasteiger partial charge in [-0.1, -0.05) is 99.7 Å². The Morgan fingerprint density at radius 3 is 2.13 bits per heavy atom. The highest BCUT2D eigenvalue weighted by Gasteiger charge is 2.13. The van der Waals surface area contributed by atoms with Crippen LogP contribution in [0.25, 0.3) is 0 Å². The second-order valence-electron chi connectivity index (χ2n) is 7.63. The lowest BCUT2D eigenvalue weighted by Crippen LogP contribution is -2.09. The molecule has 0 saturated carbocycles. The number of hydrogen-bond donors (Lipinski definition) is 0. The topological polar surface area (TPSA) is 43.4 Å². The highest BCUT2D eigenvalue weighted by molar-refractivity contribution is 6.09. The predicted molar refractivity (Wildman–Crippen MR) is 123 cm³/mol. The fraction of sp³-hybridized carbons (Fsp3) is 0.407. The SMILES string of the molecule is CCCCCCCCC(=O)/C(=C\C(=O)c1ccccc1)CCOCc1ccccc1. The molecule has 0 fully saturated rings. The van der Waals surface area contributed by atoms with E-state index in [1.807, 2.05) is 48.5 Å². The van der Waals surface area contributed by atoms with Gasteiger partial charge in [-0.2, -0.15) is 0 Å². The van der Waals surface area contributed by atoms with Gasteiger partial charge in [0.2, 0.25) is 0 Å². The van der Waals surface area contributed by atoms with Crippen molar-refractivity contribution in [1.82, 2.24) is 0 Å². The van der Waals surface area contributed by atoms with Crippen LogP contribution in [0.15, 0.2) is 72.3 Å². The smallest absolute Gasteiger partial charge is 0.186 e. The van der Waals surface area contributed by atoms with Crippen molar-refractivity contribution in [3.63, 3.8) is 0 Å². The Hall–Kier alpha value is -2.52. The Morgan fingerprint density at radius 2 is 1.43 bits per heavy atom. The number of carbonyl (C=O) groups is 2. The predicted octanol–water partition coefficient (Wildman–Crippen LogP) is 6.72. The van der Waals surface area contributed by atoms with E-state index in [4.69, 9.17) is 4.74 Å². The fourth-order valence-electron chi connectivity index (χ4n) is 3.31. The van der Waals surface area contributed by atoms with Gasteiger partial charge in [0.05, 0.1) is 13.2 Å². The Kier molecular flexibility index (Phi) is 11.5. The van der Waals surface area contributed by atoms with Gasteiger partial charge in [-0.25, -0.2) is 0 Å². The van der Waals surface area contributed by atoms with Crippen LogP contribution < -0.4 is 0 Å². The van der Waals surface area contributed by atoms with Crippen LogP contribution in [-0.4, -0.2) is 18.2 Å². The van der Waals surface area contributed by atoms with E-state index in [0.717, 1.165) is 18.4 Å². The van der Waals surface area contributed by atoms with Crippen molar-refractivity contribution in [3.8, 4) is 0 Å². The monoisotopic (exact) mass is 406 g/mol. The molecule has 3 nitrogen and oxygen atoms in total. The minimum atomic E-state index is -0.120. The Balaban J connectivity index is 1.90. The highest BCUT2D eigenvalue weighted by atomic mass is 16.5. The van der Waals surface area contributed by atoms with Crippen molar-refractivity contribution in [1.29, 1.82) is 0 Å². The summed E-state index contributed by atoms with van der Waals surface area (Å²) in [5.74, 6) is -0.0527. The molecule has 2 aromatic carbocycles. The van der Waals surface area contributed by atoms with Crippen LogP contribution in [0.4, 0.5) is 0 Å². The number of carbonyl (C=O) groups excluding carboxylic acids is 2. The summed E-state index contributed by atoms with van der Waals surface area (Å²) in [5.41, 5.74) is 2.28. The van der Waals surface area contributed by atoms with Crippen LogP contribution in [0.2, 0.25) is 0 Å². The molecule has 0 spiro atoms. The Labute approximate surface area is 181 Å². The van der Waals surface area contributed by atoms with Crippen molar-refractivity contribution < 1.29 is 14.3 Å². The van der Waals surface area contributed by atoms with E-state index in [9.17, 15) is 9.59 Å². The van der Waals surface area contributed by atoms with Crippen LogP contribution in [0.3, 0.4) is 0 Å². The molecule has 160 valence electrons. The first-order valence-corrected chi connectivity index (χ1v) is 11.2. The lowest BCUT2D eigenvalue weighted by atomic mass is 9.99. The lowest BCUT2D eigenvalue weighted by Gasteiger charge is -2.09. The standard InChI is InChI=1S/C27H34O3/c1-2-3-4-5-6-13-18-26(28)25(21-27(29)24-16-11-8-12-17-24)19-20-30-22-23-14-9-7-10-15-23/h7-12,14-17,21H,2-6,13,18-20,22H2,1H3/b25-21-.